The molecule has 0 aromatic heterocycles. The summed E-state index contributed by atoms with van der Waals surface area (Å²) in [5.41, 5.74) is -0.195. The second-order valence-corrected chi connectivity index (χ2v) is 6.33. The van der Waals surface area contributed by atoms with Crippen molar-refractivity contribution in [1.29, 1.82) is 0 Å². The maximum Gasteiger partial charge on any atom is 0.417 e. The zero-order chi connectivity index (χ0) is 20.2. The van der Waals surface area contributed by atoms with Crippen molar-refractivity contribution in [3.63, 3.8) is 0 Å². The molecule has 0 aliphatic rings. The number of rotatable bonds is 5. The van der Waals surface area contributed by atoms with Gasteiger partial charge in [0, 0.05) is 0 Å². The Morgan fingerprint density at radius 3 is 2.30 bits per heavy atom. The number of likely N-dealkylation sites (N-methyl/N-ethyl adjacent to an activating group) is 1. The molecule has 0 radical (unpaired) electrons. The van der Waals surface area contributed by atoms with Gasteiger partial charge in [0.25, 0.3) is 5.91 Å². The summed E-state index contributed by atoms with van der Waals surface area (Å²) >= 11 is 0. The Morgan fingerprint density at radius 2 is 1.67 bits per heavy atom. The molecule has 2 aromatic rings. The molecule has 2 rings (SSSR count). The van der Waals surface area contributed by atoms with E-state index in [1.54, 1.807) is 44.1 Å². The SMILES string of the molecule is Cc1ccc(NC(=O)CN(C)C)c(NC(=O)c2ccccc2C(F)(F)F)c1. The molecule has 2 N–H and O–H groups in total. The predicted octanol–water partition coefficient (Wildman–Crippen LogP) is 3.77. The molecule has 0 spiro atoms. The molecule has 8 heteroatoms. The summed E-state index contributed by atoms with van der Waals surface area (Å²) < 4.78 is 39.4. The number of nitrogens with zero attached hydrogens (tertiary/aromatic N) is 1. The lowest BCUT2D eigenvalue weighted by Gasteiger charge is -2.16. The van der Waals surface area contributed by atoms with Gasteiger partial charge in [0.05, 0.1) is 29.0 Å². The number of hydrogen-bond donors (Lipinski definition) is 2. The van der Waals surface area contributed by atoms with E-state index in [0.717, 1.165) is 17.7 Å². The van der Waals surface area contributed by atoms with Gasteiger partial charge < -0.3 is 15.5 Å². The van der Waals surface area contributed by atoms with Crippen molar-refractivity contribution in [2.75, 3.05) is 31.3 Å². The first-order chi connectivity index (χ1) is 12.6. The predicted molar refractivity (Wildman–Crippen MR) is 97.8 cm³/mol. The van der Waals surface area contributed by atoms with Crippen LogP contribution >= 0.6 is 0 Å². The quantitative estimate of drug-likeness (QED) is 0.832. The summed E-state index contributed by atoms with van der Waals surface area (Å²) in [6, 6.07) is 9.45. The number of nitrogens with one attached hydrogen (secondary N) is 2. The van der Waals surface area contributed by atoms with E-state index in [4.69, 9.17) is 0 Å². The van der Waals surface area contributed by atoms with E-state index in [1.165, 1.54) is 12.1 Å². The van der Waals surface area contributed by atoms with Gasteiger partial charge in [-0.05, 0) is 50.8 Å². The van der Waals surface area contributed by atoms with E-state index >= 15 is 0 Å². The van der Waals surface area contributed by atoms with E-state index in [2.05, 4.69) is 10.6 Å². The molecule has 2 aromatic carbocycles. The summed E-state index contributed by atoms with van der Waals surface area (Å²) in [6.07, 6.45) is -4.65. The lowest BCUT2D eigenvalue weighted by atomic mass is 10.1. The van der Waals surface area contributed by atoms with Gasteiger partial charge in [-0.2, -0.15) is 13.2 Å². The number of benzene rings is 2. The molecule has 0 aliphatic carbocycles. The van der Waals surface area contributed by atoms with Crippen molar-refractivity contribution in [2.24, 2.45) is 0 Å². The van der Waals surface area contributed by atoms with Crippen LogP contribution in [0.25, 0.3) is 0 Å². The van der Waals surface area contributed by atoms with Crippen molar-refractivity contribution in [3.8, 4) is 0 Å². The van der Waals surface area contributed by atoms with Gasteiger partial charge in [0.15, 0.2) is 0 Å². The molecule has 2 amide bonds. The minimum Gasteiger partial charge on any atom is -0.323 e. The second-order valence-electron chi connectivity index (χ2n) is 6.33. The number of carbonyl (C=O) groups excluding carboxylic acids is 2. The normalized spacial score (nSPS) is 11.4. The van der Waals surface area contributed by atoms with E-state index < -0.39 is 23.2 Å². The molecule has 0 heterocycles. The molecule has 0 saturated carbocycles. The van der Waals surface area contributed by atoms with Gasteiger partial charge in [-0.25, -0.2) is 0 Å². The van der Waals surface area contributed by atoms with Crippen LogP contribution in [0, 0.1) is 6.92 Å². The summed E-state index contributed by atoms with van der Waals surface area (Å²) in [5.74, 6) is -1.22. The third kappa shape index (κ3) is 5.55. The fourth-order valence-electron chi connectivity index (χ4n) is 2.47. The molecule has 0 bridgehead atoms. The number of aryl methyl sites for hydroxylation is 1. The van der Waals surface area contributed by atoms with Crippen molar-refractivity contribution in [1.82, 2.24) is 4.90 Å². The van der Waals surface area contributed by atoms with Gasteiger partial charge in [-0.15, -0.1) is 0 Å². The van der Waals surface area contributed by atoms with Crippen LogP contribution in [0.1, 0.15) is 21.5 Å². The standard InChI is InChI=1S/C19H20F3N3O2/c1-12-8-9-15(23-17(26)11-25(2)3)16(10-12)24-18(27)13-6-4-5-7-14(13)19(20,21)22/h4-10H,11H2,1-3H3,(H,23,26)(H,24,27). The smallest absolute Gasteiger partial charge is 0.323 e. The number of alkyl halides is 3. The molecule has 0 atom stereocenters. The molecule has 0 aliphatic heterocycles. The maximum atomic E-state index is 13.1. The van der Waals surface area contributed by atoms with Crippen LogP contribution in [-0.2, 0) is 11.0 Å². The highest BCUT2D eigenvalue weighted by atomic mass is 19.4. The van der Waals surface area contributed by atoms with Gasteiger partial charge in [-0.1, -0.05) is 18.2 Å². The van der Waals surface area contributed by atoms with Crippen LogP contribution in [0.5, 0.6) is 0 Å². The van der Waals surface area contributed by atoms with Crippen LogP contribution < -0.4 is 10.6 Å². The minimum absolute atomic E-state index is 0.123. The monoisotopic (exact) mass is 379 g/mol. The minimum atomic E-state index is -4.65. The largest absolute Gasteiger partial charge is 0.417 e. The molecular weight excluding hydrogens is 359 g/mol. The van der Waals surface area contributed by atoms with Crippen LogP contribution in [0.15, 0.2) is 42.5 Å². The molecule has 27 heavy (non-hydrogen) atoms. The van der Waals surface area contributed by atoms with E-state index in [-0.39, 0.29) is 18.1 Å². The lowest BCUT2D eigenvalue weighted by Crippen LogP contribution is -2.27. The molecule has 0 unspecified atom stereocenters. The van der Waals surface area contributed by atoms with E-state index in [9.17, 15) is 22.8 Å². The van der Waals surface area contributed by atoms with Gasteiger partial charge >= 0.3 is 6.18 Å². The van der Waals surface area contributed by atoms with Crippen LogP contribution in [0.2, 0.25) is 0 Å². The fraction of sp³-hybridized carbons (Fsp3) is 0.263. The van der Waals surface area contributed by atoms with E-state index in [0.29, 0.717) is 5.69 Å². The Labute approximate surface area is 155 Å². The highest BCUT2D eigenvalue weighted by Gasteiger charge is 2.34. The Bertz CT molecular complexity index is 848. The third-order valence-electron chi connectivity index (χ3n) is 3.63. The molecule has 0 fully saturated rings. The highest BCUT2D eigenvalue weighted by Crippen LogP contribution is 2.32. The first-order valence-electron chi connectivity index (χ1n) is 8.10. The number of carbonyl (C=O) groups is 2. The van der Waals surface area contributed by atoms with Crippen LogP contribution in [-0.4, -0.2) is 37.4 Å². The summed E-state index contributed by atoms with van der Waals surface area (Å²) in [4.78, 5) is 26.1. The third-order valence-corrected chi connectivity index (χ3v) is 3.63. The number of halogens is 3. The molecular formula is C19H20F3N3O2. The Hall–Kier alpha value is -2.87. The highest BCUT2D eigenvalue weighted by molar-refractivity contribution is 6.08. The molecule has 5 nitrogen and oxygen atoms in total. The fourth-order valence-corrected chi connectivity index (χ4v) is 2.47. The van der Waals surface area contributed by atoms with Gasteiger partial charge in [-0.3, -0.25) is 9.59 Å². The topological polar surface area (TPSA) is 61.4 Å². The van der Waals surface area contributed by atoms with Crippen molar-refractivity contribution in [3.05, 3.63) is 59.2 Å². The Balaban J connectivity index is 2.31. The van der Waals surface area contributed by atoms with Crippen LogP contribution in [0.4, 0.5) is 24.5 Å². The summed E-state index contributed by atoms with van der Waals surface area (Å²) in [5, 5.41) is 5.12. The van der Waals surface area contributed by atoms with Crippen molar-refractivity contribution < 1.29 is 22.8 Å². The molecule has 144 valence electrons. The van der Waals surface area contributed by atoms with Crippen molar-refractivity contribution >= 4 is 23.2 Å². The summed E-state index contributed by atoms with van der Waals surface area (Å²) in [6.45, 7) is 1.89. The number of hydrogen-bond acceptors (Lipinski definition) is 3. The summed E-state index contributed by atoms with van der Waals surface area (Å²) in [7, 11) is 3.46. The first kappa shape index (κ1) is 20.4. The van der Waals surface area contributed by atoms with Crippen molar-refractivity contribution in [2.45, 2.75) is 13.1 Å². The maximum absolute atomic E-state index is 13.1. The Morgan fingerprint density at radius 1 is 1.00 bits per heavy atom. The lowest BCUT2D eigenvalue weighted by molar-refractivity contribution is -0.137. The molecule has 0 saturated heterocycles. The van der Waals surface area contributed by atoms with Gasteiger partial charge in [0.1, 0.15) is 0 Å². The zero-order valence-corrected chi connectivity index (χ0v) is 15.1. The zero-order valence-electron chi connectivity index (χ0n) is 15.1. The number of anilines is 2. The first-order valence-corrected chi connectivity index (χ1v) is 8.10. The van der Waals surface area contributed by atoms with E-state index in [1.807, 2.05) is 0 Å². The average Bonchev–Trinajstić information content (AvgIpc) is 2.56. The average molecular weight is 379 g/mol. The van der Waals surface area contributed by atoms with Crippen LogP contribution in [0.3, 0.4) is 0 Å². The van der Waals surface area contributed by atoms with Gasteiger partial charge in [0.2, 0.25) is 5.91 Å². The Kier molecular flexibility index (Phi) is 6.22. The second kappa shape index (κ2) is 8.22. The number of amides is 2.